The molecule has 2 nitrogen and oxygen atoms in total. The van der Waals surface area contributed by atoms with E-state index >= 15 is 0 Å². The van der Waals surface area contributed by atoms with Crippen molar-refractivity contribution in [3.8, 4) is 0 Å². The van der Waals surface area contributed by atoms with Gasteiger partial charge in [0, 0.05) is 12.8 Å². The van der Waals surface area contributed by atoms with Crippen LogP contribution in [-0.4, -0.2) is 12.9 Å². The average molecular weight is 233 g/mol. The van der Waals surface area contributed by atoms with Gasteiger partial charge in [-0.15, -0.1) is 0 Å². The van der Waals surface area contributed by atoms with E-state index in [1.165, 1.54) is 0 Å². The smallest absolute Gasteiger partial charge is 0.173 e. The van der Waals surface area contributed by atoms with E-state index in [4.69, 9.17) is 4.74 Å². The lowest BCUT2D eigenvalue weighted by Gasteiger charge is -2.29. The van der Waals surface area contributed by atoms with Crippen molar-refractivity contribution in [2.24, 2.45) is 5.41 Å². The summed E-state index contributed by atoms with van der Waals surface area (Å²) in [6, 6.07) is 0. The van der Waals surface area contributed by atoms with Crippen molar-refractivity contribution in [3.05, 3.63) is 10.2 Å². The van der Waals surface area contributed by atoms with Crippen molar-refractivity contribution in [2.75, 3.05) is 7.11 Å². The van der Waals surface area contributed by atoms with Crippen LogP contribution in [0.1, 0.15) is 26.7 Å². The zero-order chi connectivity index (χ0) is 9.35. The van der Waals surface area contributed by atoms with Crippen molar-refractivity contribution in [1.82, 2.24) is 0 Å². The van der Waals surface area contributed by atoms with Crippen LogP contribution in [0.25, 0.3) is 0 Å². The van der Waals surface area contributed by atoms with Crippen LogP contribution < -0.4 is 0 Å². The van der Waals surface area contributed by atoms with E-state index in [-0.39, 0.29) is 11.2 Å². The number of carbonyl (C=O) groups is 1. The topological polar surface area (TPSA) is 26.3 Å². The van der Waals surface area contributed by atoms with Crippen molar-refractivity contribution in [1.29, 1.82) is 0 Å². The Kier molecular flexibility index (Phi) is 2.61. The fraction of sp³-hybridized carbons (Fsp3) is 0.667. The van der Waals surface area contributed by atoms with Crippen LogP contribution in [0, 0.1) is 5.41 Å². The molecule has 1 aliphatic carbocycles. The summed E-state index contributed by atoms with van der Waals surface area (Å²) in [7, 11) is 1.60. The Labute approximate surface area is 81.1 Å². The molecular weight excluding hydrogens is 220 g/mol. The molecule has 3 heteroatoms. The molecule has 0 saturated carbocycles. The van der Waals surface area contributed by atoms with Crippen molar-refractivity contribution >= 4 is 21.7 Å². The van der Waals surface area contributed by atoms with Crippen LogP contribution in [0.4, 0.5) is 0 Å². The molecule has 68 valence electrons. The van der Waals surface area contributed by atoms with Gasteiger partial charge in [-0.25, -0.2) is 0 Å². The van der Waals surface area contributed by atoms with E-state index in [2.05, 4.69) is 29.8 Å². The first-order chi connectivity index (χ1) is 5.46. The molecule has 0 fully saturated rings. The minimum absolute atomic E-state index is 0.0414. The zero-order valence-corrected chi connectivity index (χ0v) is 9.19. The van der Waals surface area contributed by atoms with Crippen LogP contribution in [0.2, 0.25) is 0 Å². The highest BCUT2D eigenvalue weighted by Crippen LogP contribution is 2.38. The van der Waals surface area contributed by atoms with E-state index in [1.54, 1.807) is 7.11 Å². The number of methoxy groups -OCH3 is 1. The lowest BCUT2D eigenvalue weighted by Crippen LogP contribution is -2.24. The number of allylic oxidation sites excluding steroid dienone is 2. The van der Waals surface area contributed by atoms with E-state index in [0.717, 1.165) is 12.2 Å². The highest BCUT2D eigenvalue weighted by molar-refractivity contribution is 9.12. The molecule has 0 unspecified atom stereocenters. The Morgan fingerprint density at radius 2 is 2.00 bits per heavy atom. The van der Waals surface area contributed by atoms with Gasteiger partial charge in [-0.1, -0.05) is 13.8 Å². The Hall–Kier alpha value is -0.310. The highest BCUT2D eigenvalue weighted by Gasteiger charge is 2.32. The summed E-state index contributed by atoms with van der Waals surface area (Å²) in [6.45, 7) is 4.15. The van der Waals surface area contributed by atoms with Gasteiger partial charge in [-0.2, -0.15) is 0 Å². The van der Waals surface area contributed by atoms with Gasteiger partial charge in [-0.05, 0) is 21.3 Å². The first-order valence-corrected chi connectivity index (χ1v) is 4.71. The number of carbonyl (C=O) groups excluding carboxylic acids is 1. The molecule has 0 aliphatic heterocycles. The number of rotatable bonds is 1. The number of hydrogen-bond acceptors (Lipinski definition) is 2. The fourth-order valence-electron chi connectivity index (χ4n) is 1.40. The van der Waals surface area contributed by atoms with Gasteiger partial charge in [0.05, 0.1) is 11.6 Å². The normalized spacial score (nSPS) is 22.8. The Morgan fingerprint density at radius 3 is 2.50 bits per heavy atom. The standard InChI is InChI=1S/C9H13BrO2/c1-9(2)4-6(11)8(10)7(5-9)12-3/h4-5H2,1-3H3. The van der Waals surface area contributed by atoms with Crippen LogP contribution >= 0.6 is 15.9 Å². The number of ketones is 1. The number of hydrogen-bond donors (Lipinski definition) is 0. The minimum atomic E-state index is 0.0414. The molecule has 0 bridgehead atoms. The summed E-state index contributed by atoms with van der Waals surface area (Å²) in [4.78, 5) is 11.4. The molecular formula is C9H13BrO2. The van der Waals surface area contributed by atoms with Gasteiger partial charge in [0.25, 0.3) is 0 Å². The molecule has 0 aromatic rings. The second kappa shape index (κ2) is 3.21. The summed E-state index contributed by atoms with van der Waals surface area (Å²) < 4.78 is 5.74. The predicted octanol–water partition coefficient (Wildman–Crippen LogP) is 2.63. The molecule has 0 aromatic carbocycles. The van der Waals surface area contributed by atoms with Crippen molar-refractivity contribution in [2.45, 2.75) is 26.7 Å². The molecule has 1 rings (SSSR count). The predicted molar refractivity (Wildman–Crippen MR) is 51.0 cm³/mol. The third kappa shape index (κ3) is 1.89. The largest absolute Gasteiger partial charge is 0.500 e. The second-order valence-electron chi connectivity index (χ2n) is 3.88. The summed E-state index contributed by atoms with van der Waals surface area (Å²) in [5.74, 6) is 0.916. The molecule has 0 radical (unpaired) electrons. The minimum Gasteiger partial charge on any atom is -0.500 e. The monoisotopic (exact) mass is 232 g/mol. The van der Waals surface area contributed by atoms with E-state index in [1.807, 2.05) is 0 Å². The van der Waals surface area contributed by atoms with E-state index in [9.17, 15) is 4.79 Å². The maximum Gasteiger partial charge on any atom is 0.173 e. The van der Waals surface area contributed by atoms with Crippen molar-refractivity contribution in [3.63, 3.8) is 0 Å². The molecule has 0 spiro atoms. The molecule has 0 heterocycles. The second-order valence-corrected chi connectivity index (χ2v) is 4.68. The first-order valence-electron chi connectivity index (χ1n) is 3.92. The van der Waals surface area contributed by atoms with Crippen LogP contribution in [0.5, 0.6) is 0 Å². The number of Topliss-reactive ketones (excluding diaryl/α,β-unsaturated/α-hetero) is 1. The van der Waals surface area contributed by atoms with Gasteiger partial charge in [-0.3, -0.25) is 4.79 Å². The average Bonchev–Trinajstić information content (AvgIpc) is 1.96. The van der Waals surface area contributed by atoms with Gasteiger partial charge in [0.2, 0.25) is 0 Å². The quantitative estimate of drug-likeness (QED) is 0.695. The molecule has 0 N–H and O–H groups in total. The van der Waals surface area contributed by atoms with Gasteiger partial charge in [0.15, 0.2) is 5.78 Å². The highest BCUT2D eigenvalue weighted by atomic mass is 79.9. The Balaban J connectivity index is 2.95. The van der Waals surface area contributed by atoms with Crippen LogP contribution in [0.3, 0.4) is 0 Å². The maximum absolute atomic E-state index is 11.4. The molecule has 0 aromatic heterocycles. The Bertz CT molecular complexity index is 241. The third-order valence-corrected chi connectivity index (χ3v) is 2.90. The van der Waals surface area contributed by atoms with E-state index < -0.39 is 0 Å². The van der Waals surface area contributed by atoms with Crippen LogP contribution in [-0.2, 0) is 9.53 Å². The summed E-state index contributed by atoms with van der Waals surface area (Å²) in [5.41, 5.74) is 0.0414. The zero-order valence-electron chi connectivity index (χ0n) is 7.61. The first kappa shape index (κ1) is 9.78. The van der Waals surface area contributed by atoms with Gasteiger partial charge >= 0.3 is 0 Å². The number of ether oxygens (including phenoxy) is 1. The van der Waals surface area contributed by atoms with Crippen LogP contribution in [0.15, 0.2) is 10.2 Å². The Morgan fingerprint density at radius 1 is 1.42 bits per heavy atom. The molecule has 0 amide bonds. The van der Waals surface area contributed by atoms with Gasteiger partial charge in [0.1, 0.15) is 5.76 Å². The molecule has 0 atom stereocenters. The molecule has 12 heavy (non-hydrogen) atoms. The third-order valence-electron chi connectivity index (χ3n) is 2.01. The lowest BCUT2D eigenvalue weighted by molar-refractivity contribution is -0.117. The summed E-state index contributed by atoms with van der Waals surface area (Å²) >= 11 is 3.24. The number of halogens is 1. The fourth-order valence-corrected chi connectivity index (χ4v) is 1.85. The molecule has 0 saturated heterocycles. The summed E-state index contributed by atoms with van der Waals surface area (Å²) in [6.07, 6.45) is 1.43. The molecule has 1 aliphatic rings. The SMILES string of the molecule is COC1=C(Br)C(=O)CC(C)(C)C1. The van der Waals surface area contributed by atoms with Gasteiger partial charge < -0.3 is 4.74 Å². The summed E-state index contributed by atoms with van der Waals surface area (Å²) in [5, 5.41) is 0. The lowest BCUT2D eigenvalue weighted by atomic mass is 9.79. The van der Waals surface area contributed by atoms with E-state index in [0.29, 0.717) is 10.9 Å². The maximum atomic E-state index is 11.4. The van der Waals surface area contributed by atoms with Crippen molar-refractivity contribution < 1.29 is 9.53 Å².